The number of nitrogens with one attached hydrogen (secondary N) is 3. The number of ether oxygens (including phenoxy) is 3. The minimum Gasteiger partial charge on any atom is -0.460 e. The third-order valence-electron chi connectivity index (χ3n) is 8.71. The van der Waals surface area contributed by atoms with E-state index in [1.165, 1.54) is 25.7 Å². The van der Waals surface area contributed by atoms with Gasteiger partial charge in [-0.25, -0.2) is 4.79 Å². The molecular weight excluding hydrogens is 594 g/mol. The van der Waals surface area contributed by atoms with E-state index < -0.39 is 17.3 Å². The Morgan fingerprint density at radius 3 is 2.28 bits per heavy atom. The van der Waals surface area contributed by atoms with E-state index in [4.69, 9.17) is 14.2 Å². The lowest BCUT2D eigenvalue weighted by Gasteiger charge is -2.44. The van der Waals surface area contributed by atoms with Crippen LogP contribution >= 0.6 is 0 Å². The van der Waals surface area contributed by atoms with Gasteiger partial charge in [-0.1, -0.05) is 89.3 Å². The number of esters is 1. The smallest absolute Gasteiger partial charge is 0.315 e. The molecule has 47 heavy (non-hydrogen) atoms. The fourth-order valence-electron chi connectivity index (χ4n) is 5.85. The van der Waals surface area contributed by atoms with Gasteiger partial charge in [0.25, 0.3) is 0 Å². The lowest BCUT2D eigenvalue weighted by Crippen LogP contribution is -2.56. The van der Waals surface area contributed by atoms with Crippen molar-refractivity contribution in [2.24, 2.45) is 5.41 Å². The molecule has 1 aliphatic heterocycles. The molecule has 1 saturated carbocycles. The Bertz CT molecular complexity index is 1020. The number of hydrogen-bond donors (Lipinski definition) is 3. The van der Waals surface area contributed by atoms with Crippen LogP contribution < -0.4 is 16.0 Å². The number of allylic oxidation sites excluding steroid dienone is 6. The molecule has 4 unspecified atom stereocenters. The zero-order valence-corrected chi connectivity index (χ0v) is 30.2. The molecule has 1 heterocycles. The van der Waals surface area contributed by atoms with Crippen molar-refractivity contribution in [3.63, 3.8) is 0 Å². The van der Waals surface area contributed by atoms with Crippen LogP contribution in [0.4, 0.5) is 4.79 Å². The molecule has 4 atom stereocenters. The van der Waals surface area contributed by atoms with Crippen molar-refractivity contribution < 1.29 is 28.6 Å². The molecule has 3 amide bonds. The van der Waals surface area contributed by atoms with Crippen LogP contribution in [-0.4, -0.2) is 61.1 Å². The SMILES string of the molecule is CCCC=CCC=CCC=CCCCCCCC(C)NC(=O)NC1CCCCC1OC(=O)CCNC(=O)C1OC(C)(C)OCC1(C)C. The Morgan fingerprint density at radius 2 is 1.55 bits per heavy atom. The summed E-state index contributed by atoms with van der Waals surface area (Å²) >= 11 is 0. The summed E-state index contributed by atoms with van der Waals surface area (Å²) in [7, 11) is 0. The van der Waals surface area contributed by atoms with Gasteiger partial charge in [-0.3, -0.25) is 9.59 Å². The van der Waals surface area contributed by atoms with Gasteiger partial charge in [0.2, 0.25) is 5.91 Å². The summed E-state index contributed by atoms with van der Waals surface area (Å²) in [5, 5.41) is 8.93. The van der Waals surface area contributed by atoms with Crippen LogP contribution in [0.2, 0.25) is 0 Å². The third-order valence-corrected chi connectivity index (χ3v) is 8.71. The lowest BCUT2D eigenvalue weighted by molar-refractivity contribution is -0.304. The predicted octanol–water partition coefficient (Wildman–Crippen LogP) is 7.80. The standard InChI is InChI=1S/C38H65N3O6/c1-7-8-9-10-11-12-13-14-15-16-17-18-19-20-21-24-30(2)40-36(44)41-31-25-22-23-26-32(31)46-33(42)27-28-39-35(43)34-37(3,4)29-45-38(5,6)47-34/h9-10,12-13,15-16,30-32,34H,7-8,11,14,17-29H2,1-6H3,(H,39,43)(H2,40,41,44). The summed E-state index contributed by atoms with van der Waals surface area (Å²) in [5.74, 6) is -1.49. The lowest BCUT2D eigenvalue weighted by atomic mass is 9.85. The quantitative estimate of drug-likeness (QED) is 0.0698. The predicted molar refractivity (Wildman–Crippen MR) is 189 cm³/mol. The second-order valence-corrected chi connectivity index (χ2v) is 14.3. The van der Waals surface area contributed by atoms with E-state index in [2.05, 4.69) is 59.3 Å². The summed E-state index contributed by atoms with van der Waals surface area (Å²) in [4.78, 5) is 38.3. The number of unbranched alkanes of at least 4 members (excludes halogenated alkanes) is 5. The van der Waals surface area contributed by atoms with Crippen LogP contribution in [0.1, 0.15) is 138 Å². The van der Waals surface area contributed by atoms with Crippen LogP contribution in [0.3, 0.4) is 0 Å². The van der Waals surface area contributed by atoms with Crippen molar-refractivity contribution in [3.8, 4) is 0 Å². The average molecular weight is 660 g/mol. The normalized spacial score (nSPS) is 23.1. The van der Waals surface area contributed by atoms with E-state index in [9.17, 15) is 14.4 Å². The molecule has 2 fully saturated rings. The van der Waals surface area contributed by atoms with Crippen LogP contribution in [-0.2, 0) is 23.8 Å². The highest BCUT2D eigenvalue weighted by atomic mass is 16.7. The average Bonchev–Trinajstić information content (AvgIpc) is 3.01. The first-order valence-electron chi connectivity index (χ1n) is 18.2. The highest BCUT2D eigenvalue weighted by Crippen LogP contribution is 2.34. The summed E-state index contributed by atoms with van der Waals surface area (Å²) in [6.07, 6.45) is 26.9. The topological polar surface area (TPSA) is 115 Å². The molecule has 2 aliphatic rings. The molecule has 0 spiro atoms. The minimum atomic E-state index is -0.843. The van der Waals surface area contributed by atoms with Gasteiger partial charge in [0.05, 0.1) is 19.1 Å². The molecule has 0 aromatic heterocycles. The molecule has 2 rings (SSSR count). The Balaban J connectivity index is 1.59. The van der Waals surface area contributed by atoms with Crippen molar-refractivity contribution in [1.82, 2.24) is 16.0 Å². The second-order valence-electron chi connectivity index (χ2n) is 14.3. The van der Waals surface area contributed by atoms with Gasteiger partial charge in [0, 0.05) is 18.0 Å². The van der Waals surface area contributed by atoms with Crippen LogP contribution in [0.5, 0.6) is 0 Å². The van der Waals surface area contributed by atoms with Gasteiger partial charge in [-0.05, 0) is 78.6 Å². The minimum absolute atomic E-state index is 0.0517. The maximum atomic E-state index is 12.8. The first-order chi connectivity index (χ1) is 22.4. The van der Waals surface area contributed by atoms with E-state index in [0.717, 1.165) is 57.8 Å². The number of carbonyl (C=O) groups is 3. The zero-order valence-electron chi connectivity index (χ0n) is 30.2. The van der Waals surface area contributed by atoms with Gasteiger partial charge < -0.3 is 30.2 Å². The van der Waals surface area contributed by atoms with Crippen molar-refractivity contribution in [2.45, 2.75) is 168 Å². The van der Waals surface area contributed by atoms with Crippen molar-refractivity contribution >= 4 is 17.9 Å². The molecule has 1 aliphatic carbocycles. The van der Waals surface area contributed by atoms with Gasteiger partial charge >= 0.3 is 12.0 Å². The van der Waals surface area contributed by atoms with E-state index in [1.54, 1.807) is 13.8 Å². The maximum Gasteiger partial charge on any atom is 0.315 e. The van der Waals surface area contributed by atoms with Crippen molar-refractivity contribution in [2.75, 3.05) is 13.2 Å². The molecule has 0 radical (unpaired) electrons. The van der Waals surface area contributed by atoms with Gasteiger partial charge in [-0.2, -0.15) is 0 Å². The Hall–Kier alpha value is -2.65. The van der Waals surface area contributed by atoms with Gasteiger partial charge in [0.15, 0.2) is 5.79 Å². The molecule has 0 bridgehead atoms. The Kier molecular flexibility index (Phi) is 19.0. The summed E-state index contributed by atoms with van der Waals surface area (Å²) < 4.78 is 17.3. The monoisotopic (exact) mass is 659 g/mol. The molecule has 1 saturated heterocycles. The fourth-order valence-corrected chi connectivity index (χ4v) is 5.85. The molecule has 0 aromatic rings. The molecule has 3 N–H and O–H groups in total. The van der Waals surface area contributed by atoms with Crippen LogP contribution in [0.15, 0.2) is 36.5 Å². The summed E-state index contributed by atoms with van der Waals surface area (Å²) in [5.41, 5.74) is -0.486. The van der Waals surface area contributed by atoms with Gasteiger partial charge in [0.1, 0.15) is 12.2 Å². The molecule has 9 heteroatoms. The molecular formula is C38H65N3O6. The number of amides is 3. The van der Waals surface area contributed by atoms with E-state index in [0.29, 0.717) is 13.0 Å². The molecule has 268 valence electrons. The second kappa shape index (κ2) is 22.1. The van der Waals surface area contributed by atoms with E-state index in [-0.39, 0.29) is 49.1 Å². The Morgan fingerprint density at radius 1 is 0.894 bits per heavy atom. The van der Waals surface area contributed by atoms with Crippen LogP contribution in [0, 0.1) is 5.41 Å². The Labute approximate surface area is 285 Å². The maximum absolute atomic E-state index is 12.8. The first kappa shape index (κ1) is 40.5. The van der Waals surface area contributed by atoms with Crippen molar-refractivity contribution in [1.29, 1.82) is 0 Å². The number of urea groups is 1. The first-order valence-corrected chi connectivity index (χ1v) is 18.2. The molecule has 0 aromatic carbocycles. The highest BCUT2D eigenvalue weighted by Gasteiger charge is 2.45. The zero-order chi connectivity index (χ0) is 34.5. The van der Waals surface area contributed by atoms with E-state index in [1.807, 2.05) is 20.8 Å². The fraction of sp³-hybridized carbons (Fsp3) is 0.763. The van der Waals surface area contributed by atoms with Crippen LogP contribution in [0.25, 0.3) is 0 Å². The third kappa shape index (κ3) is 17.4. The molecule has 9 nitrogen and oxygen atoms in total. The number of hydrogen-bond acceptors (Lipinski definition) is 6. The number of rotatable bonds is 20. The largest absolute Gasteiger partial charge is 0.460 e. The van der Waals surface area contributed by atoms with Gasteiger partial charge in [-0.15, -0.1) is 0 Å². The number of carbonyl (C=O) groups excluding carboxylic acids is 3. The summed E-state index contributed by atoms with van der Waals surface area (Å²) in [6, 6.07) is -0.364. The highest BCUT2D eigenvalue weighted by molar-refractivity contribution is 5.82. The van der Waals surface area contributed by atoms with Crippen molar-refractivity contribution in [3.05, 3.63) is 36.5 Å². The summed E-state index contributed by atoms with van der Waals surface area (Å²) in [6.45, 7) is 12.2. The van der Waals surface area contributed by atoms with E-state index >= 15 is 0 Å².